The molecule has 2 aromatic heterocycles. The molecule has 0 unspecified atom stereocenters. The molecule has 0 radical (unpaired) electrons. The van der Waals surface area contributed by atoms with Crippen LogP contribution < -0.4 is 10.2 Å². The van der Waals surface area contributed by atoms with E-state index in [-0.39, 0.29) is 11.4 Å². The maximum Gasteiger partial charge on any atom is 0.227 e. The first kappa shape index (κ1) is 17.3. The van der Waals surface area contributed by atoms with Crippen LogP contribution >= 0.6 is 0 Å². The molecule has 1 aromatic carbocycles. The van der Waals surface area contributed by atoms with E-state index in [2.05, 4.69) is 61.3 Å². The fourth-order valence-corrected chi connectivity index (χ4v) is 4.75. The van der Waals surface area contributed by atoms with Gasteiger partial charge in [0.2, 0.25) is 11.9 Å². The first-order valence-corrected chi connectivity index (χ1v) is 10.2. The van der Waals surface area contributed by atoms with Crippen molar-refractivity contribution in [1.29, 1.82) is 0 Å². The van der Waals surface area contributed by atoms with Crippen LogP contribution in [-0.2, 0) is 17.8 Å². The number of carbonyl (C=O) groups is 1. The maximum absolute atomic E-state index is 11.7. The lowest BCUT2D eigenvalue weighted by atomic mass is 9.86. The highest BCUT2D eigenvalue weighted by Gasteiger charge is 2.40. The molecule has 7 nitrogen and oxygen atoms in total. The lowest BCUT2D eigenvalue weighted by Crippen LogP contribution is -2.51. The third kappa shape index (κ3) is 2.85. The van der Waals surface area contributed by atoms with E-state index in [1.54, 1.807) is 0 Å². The van der Waals surface area contributed by atoms with E-state index in [4.69, 9.17) is 0 Å². The number of hydrogen-bond acceptors (Lipinski definition) is 4. The minimum Gasteiger partial charge on any atom is -0.361 e. The molecule has 2 fully saturated rings. The molecule has 7 heteroatoms. The average Bonchev–Trinajstić information content (AvgIpc) is 3.41. The smallest absolute Gasteiger partial charge is 0.227 e. The number of anilines is 1. The van der Waals surface area contributed by atoms with E-state index in [0.29, 0.717) is 6.42 Å². The molecule has 5 rings (SSSR count). The minimum atomic E-state index is 0.0114. The van der Waals surface area contributed by atoms with Gasteiger partial charge in [-0.25, -0.2) is 0 Å². The average molecular weight is 378 g/mol. The Hall–Kier alpha value is -2.83. The van der Waals surface area contributed by atoms with Crippen molar-refractivity contribution in [2.75, 3.05) is 18.0 Å². The molecule has 0 saturated carbocycles. The van der Waals surface area contributed by atoms with Gasteiger partial charge < -0.3 is 15.2 Å². The molecule has 2 saturated heterocycles. The van der Waals surface area contributed by atoms with E-state index >= 15 is 0 Å². The van der Waals surface area contributed by atoms with Crippen LogP contribution in [0.4, 0.5) is 5.95 Å². The number of para-hydroxylation sites is 1. The van der Waals surface area contributed by atoms with Crippen molar-refractivity contribution in [1.82, 2.24) is 25.1 Å². The van der Waals surface area contributed by atoms with Crippen molar-refractivity contribution < 1.29 is 4.79 Å². The van der Waals surface area contributed by atoms with Gasteiger partial charge in [-0.2, -0.15) is 0 Å². The number of fused-ring (bicyclic) bond motifs is 1. The van der Waals surface area contributed by atoms with Gasteiger partial charge in [0.15, 0.2) is 0 Å². The molecule has 146 valence electrons. The van der Waals surface area contributed by atoms with Crippen molar-refractivity contribution >= 4 is 22.8 Å². The summed E-state index contributed by atoms with van der Waals surface area (Å²) in [6.45, 7) is 4.81. The van der Waals surface area contributed by atoms with E-state index in [1.165, 1.54) is 10.9 Å². The van der Waals surface area contributed by atoms with Crippen LogP contribution in [0.15, 0.2) is 30.5 Å². The highest BCUT2D eigenvalue weighted by atomic mass is 16.2. The van der Waals surface area contributed by atoms with Crippen LogP contribution in [0, 0.1) is 0 Å². The van der Waals surface area contributed by atoms with Crippen LogP contribution in [0.3, 0.4) is 0 Å². The zero-order valence-corrected chi connectivity index (χ0v) is 16.2. The van der Waals surface area contributed by atoms with Crippen LogP contribution in [0.2, 0.25) is 0 Å². The maximum atomic E-state index is 11.7. The molecule has 2 aliphatic rings. The summed E-state index contributed by atoms with van der Waals surface area (Å²) in [7, 11) is 0. The van der Waals surface area contributed by atoms with E-state index in [9.17, 15) is 4.79 Å². The zero-order chi connectivity index (χ0) is 19.1. The number of rotatable bonds is 4. The monoisotopic (exact) mass is 378 g/mol. The standard InChI is InChI=1S/C21H26N6O/c1-2-27-18(13-15-14-22-17-6-4-3-5-16(15)17)24-25-20(27)26-11-9-21(10-12-26)8-7-19(28)23-21/h3-6,14,22H,2,7-13H2,1H3,(H,23,28). The number of piperidine rings is 1. The molecule has 28 heavy (non-hydrogen) atoms. The highest BCUT2D eigenvalue weighted by Crippen LogP contribution is 2.33. The van der Waals surface area contributed by atoms with Crippen LogP contribution in [-0.4, -0.2) is 44.3 Å². The van der Waals surface area contributed by atoms with Gasteiger partial charge in [0.1, 0.15) is 5.82 Å². The molecule has 0 atom stereocenters. The van der Waals surface area contributed by atoms with Gasteiger partial charge in [0.25, 0.3) is 0 Å². The molecule has 2 aliphatic heterocycles. The van der Waals surface area contributed by atoms with Gasteiger partial charge in [-0.3, -0.25) is 9.36 Å². The van der Waals surface area contributed by atoms with E-state index < -0.39 is 0 Å². The Labute approximate surface area is 164 Å². The molecule has 1 spiro atoms. The second kappa shape index (κ2) is 6.65. The summed E-state index contributed by atoms with van der Waals surface area (Å²) < 4.78 is 2.23. The number of amides is 1. The van der Waals surface area contributed by atoms with Crippen LogP contribution in [0.1, 0.15) is 44.0 Å². The SMILES string of the molecule is CCn1c(Cc2c[nH]c3ccccc23)nnc1N1CCC2(CCC(=O)N2)CC1. The number of nitrogens with one attached hydrogen (secondary N) is 2. The van der Waals surface area contributed by atoms with Crippen molar-refractivity contribution in [2.24, 2.45) is 0 Å². The van der Waals surface area contributed by atoms with Gasteiger partial charge in [0.05, 0.1) is 0 Å². The van der Waals surface area contributed by atoms with Crippen molar-refractivity contribution in [2.45, 2.75) is 51.1 Å². The first-order valence-electron chi connectivity index (χ1n) is 10.2. The quantitative estimate of drug-likeness (QED) is 0.731. The number of H-pyrrole nitrogens is 1. The third-order valence-electron chi connectivity index (χ3n) is 6.39. The largest absolute Gasteiger partial charge is 0.361 e. The van der Waals surface area contributed by atoms with Gasteiger partial charge in [-0.15, -0.1) is 10.2 Å². The Morgan fingerprint density at radius 3 is 2.71 bits per heavy atom. The van der Waals surface area contributed by atoms with Gasteiger partial charge in [-0.1, -0.05) is 18.2 Å². The van der Waals surface area contributed by atoms with Crippen molar-refractivity contribution in [3.05, 3.63) is 41.9 Å². The summed E-state index contributed by atoms with van der Waals surface area (Å²) >= 11 is 0. The molecule has 3 aromatic rings. The fourth-order valence-electron chi connectivity index (χ4n) is 4.75. The van der Waals surface area contributed by atoms with Crippen molar-refractivity contribution in [3.8, 4) is 0 Å². The molecular weight excluding hydrogens is 352 g/mol. The Balaban J connectivity index is 1.36. The summed E-state index contributed by atoms with van der Waals surface area (Å²) in [5, 5.41) is 13.5. The topological polar surface area (TPSA) is 78.8 Å². The lowest BCUT2D eigenvalue weighted by molar-refractivity contribution is -0.119. The number of nitrogens with zero attached hydrogens (tertiary/aromatic N) is 4. The summed E-state index contributed by atoms with van der Waals surface area (Å²) in [5.74, 6) is 2.15. The Morgan fingerprint density at radius 1 is 1.14 bits per heavy atom. The normalized spacial score (nSPS) is 18.9. The van der Waals surface area contributed by atoms with Gasteiger partial charge in [0, 0.05) is 55.1 Å². The molecule has 0 aliphatic carbocycles. The van der Waals surface area contributed by atoms with E-state index in [0.717, 1.165) is 62.6 Å². The van der Waals surface area contributed by atoms with Crippen molar-refractivity contribution in [3.63, 3.8) is 0 Å². The van der Waals surface area contributed by atoms with Gasteiger partial charge in [-0.05, 0) is 37.8 Å². The first-order chi connectivity index (χ1) is 13.7. The Morgan fingerprint density at radius 2 is 1.96 bits per heavy atom. The summed E-state index contributed by atoms with van der Waals surface area (Å²) in [6.07, 6.45) is 6.43. The van der Waals surface area contributed by atoms with E-state index in [1.807, 2.05) is 6.07 Å². The number of aromatic nitrogens is 4. The van der Waals surface area contributed by atoms with Gasteiger partial charge >= 0.3 is 0 Å². The fraction of sp³-hybridized carbons (Fsp3) is 0.476. The number of benzene rings is 1. The molecular formula is C21H26N6O. The molecule has 2 N–H and O–H groups in total. The highest BCUT2D eigenvalue weighted by molar-refractivity contribution is 5.83. The van der Waals surface area contributed by atoms with Crippen LogP contribution in [0.25, 0.3) is 10.9 Å². The zero-order valence-electron chi connectivity index (χ0n) is 16.2. The summed E-state index contributed by atoms with van der Waals surface area (Å²) in [4.78, 5) is 17.3. The molecule has 4 heterocycles. The summed E-state index contributed by atoms with van der Waals surface area (Å²) in [6, 6.07) is 8.36. The second-order valence-corrected chi connectivity index (χ2v) is 8.01. The predicted octanol–water partition coefficient (Wildman–Crippen LogP) is 2.62. The number of aromatic amines is 1. The number of hydrogen-bond donors (Lipinski definition) is 2. The lowest BCUT2D eigenvalue weighted by Gasteiger charge is -2.39. The number of carbonyl (C=O) groups excluding carboxylic acids is 1. The Bertz CT molecular complexity index is 1010. The minimum absolute atomic E-state index is 0.0114. The Kier molecular flexibility index (Phi) is 4.10. The second-order valence-electron chi connectivity index (χ2n) is 8.01. The molecule has 0 bridgehead atoms. The summed E-state index contributed by atoms with van der Waals surface area (Å²) in [5.41, 5.74) is 2.41. The predicted molar refractivity (Wildman–Crippen MR) is 108 cm³/mol. The third-order valence-corrected chi connectivity index (χ3v) is 6.39. The van der Waals surface area contributed by atoms with Crippen LogP contribution in [0.5, 0.6) is 0 Å². The molecule has 1 amide bonds.